The maximum Gasteiger partial charge on any atom is 0.126 e. The molecule has 0 unspecified atom stereocenters. The lowest BCUT2D eigenvalue weighted by Crippen LogP contribution is -2.19. The first kappa shape index (κ1) is 14.2. The van der Waals surface area contributed by atoms with Gasteiger partial charge in [-0.1, -0.05) is 18.2 Å². The molecule has 1 N–H and O–H groups in total. The van der Waals surface area contributed by atoms with Gasteiger partial charge < -0.3 is 5.32 Å². The quantitative estimate of drug-likeness (QED) is 0.856. The lowest BCUT2D eigenvalue weighted by Gasteiger charge is -2.07. The summed E-state index contributed by atoms with van der Waals surface area (Å²) in [4.78, 5) is 0. The number of hydrogen-bond donors (Lipinski definition) is 1. The number of hydrogen-bond acceptors (Lipinski definition) is 2. The standard InChI is InChI=1S/C14H17BrFN3/c1-10-14(15)13(19(2)18-10)9-17-8-7-11-5-3-4-6-12(11)16/h3-6,17H,7-9H2,1-2H3. The second-order valence-electron chi connectivity index (χ2n) is 4.49. The van der Waals surface area contributed by atoms with Gasteiger partial charge in [-0.2, -0.15) is 5.10 Å². The summed E-state index contributed by atoms with van der Waals surface area (Å²) in [5, 5.41) is 7.65. The normalized spacial score (nSPS) is 10.9. The Balaban J connectivity index is 1.86. The van der Waals surface area contributed by atoms with Crippen LogP contribution in [0.25, 0.3) is 0 Å². The monoisotopic (exact) mass is 325 g/mol. The second kappa shape index (κ2) is 6.30. The molecule has 0 bridgehead atoms. The molecular weight excluding hydrogens is 309 g/mol. The smallest absolute Gasteiger partial charge is 0.126 e. The minimum atomic E-state index is -0.137. The van der Waals surface area contributed by atoms with E-state index in [-0.39, 0.29) is 5.82 Å². The zero-order valence-electron chi connectivity index (χ0n) is 11.1. The molecule has 0 spiro atoms. The van der Waals surface area contributed by atoms with Crippen molar-refractivity contribution in [3.05, 3.63) is 51.5 Å². The number of rotatable bonds is 5. The molecule has 0 atom stereocenters. The zero-order valence-corrected chi connectivity index (χ0v) is 12.7. The zero-order chi connectivity index (χ0) is 13.8. The first-order valence-electron chi connectivity index (χ1n) is 6.21. The van der Waals surface area contributed by atoms with Crippen LogP contribution in [0.2, 0.25) is 0 Å². The molecular formula is C14H17BrFN3. The summed E-state index contributed by atoms with van der Waals surface area (Å²) >= 11 is 3.53. The molecule has 0 aliphatic carbocycles. The van der Waals surface area contributed by atoms with E-state index in [0.717, 1.165) is 28.0 Å². The average molecular weight is 326 g/mol. The van der Waals surface area contributed by atoms with Gasteiger partial charge in [-0.15, -0.1) is 0 Å². The van der Waals surface area contributed by atoms with Gasteiger partial charge in [0.25, 0.3) is 0 Å². The molecule has 0 fully saturated rings. The average Bonchev–Trinajstić information content (AvgIpc) is 2.62. The van der Waals surface area contributed by atoms with Gasteiger partial charge in [-0.25, -0.2) is 4.39 Å². The molecule has 0 amide bonds. The van der Waals surface area contributed by atoms with Crippen molar-refractivity contribution in [1.82, 2.24) is 15.1 Å². The number of benzene rings is 1. The van der Waals surface area contributed by atoms with Crippen LogP contribution in [-0.4, -0.2) is 16.3 Å². The highest BCUT2D eigenvalue weighted by atomic mass is 79.9. The third kappa shape index (κ3) is 3.42. The van der Waals surface area contributed by atoms with Crippen LogP contribution < -0.4 is 5.32 Å². The summed E-state index contributed by atoms with van der Waals surface area (Å²) in [6.45, 7) is 3.41. The van der Waals surface area contributed by atoms with E-state index in [9.17, 15) is 4.39 Å². The van der Waals surface area contributed by atoms with Crippen molar-refractivity contribution >= 4 is 15.9 Å². The Bertz CT molecular complexity index is 566. The van der Waals surface area contributed by atoms with E-state index in [4.69, 9.17) is 0 Å². The molecule has 0 radical (unpaired) electrons. The molecule has 3 nitrogen and oxygen atoms in total. The molecule has 0 aliphatic rings. The van der Waals surface area contributed by atoms with Crippen LogP contribution >= 0.6 is 15.9 Å². The van der Waals surface area contributed by atoms with E-state index >= 15 is 0 Å². The van der Waals surface area contributed by atoms with Gasteiger partial charge in [-0.05, 0) is 47.4 Å². The van der Waals surface area contributed by atoms with Crippen molar-refractivity contribution in [3.63, 3.8) is 0 Å². The Kier molecular flexibility index (Phi) is 4.71. The summed E-state index contributed by atoms with van der Waals surface area (Å²) in [5.74, 6) is -0.137. The van der Waals surface area contributed by atoms with Crippen molar-refractivity contribution in [2.45, 2.75) is 19.9 Å². The summed E-state index contributed by atoms with van der Waals surface area (Å²) in [6.07, 6.45) is 0.682. The Hall–Kier alpha value is -1.20. The van der Waals surface area contributed by atoms with E-state index in [0.29, 0.717) is 13.0 Å². The Labute approximate surface area is 121 Å². The van der Waals surface area contributed by atoms with Gasteiger partial charge in [-0.3, -0.25) is 4.68 Å². The van der Waals surface area contributed by atoms with E-state index in [1.807, 2.05) is 30.8 Å². The maximum absolute atomic E-state index is 13.4. The van der Waals surface area contributed by atoms with E-state index in [1.165, 1.54) is 6.07 Å². The van der Waals surface area contributed by atoms with Crippen LogP contribution in [0.15, 0.2) is 28.7 Å². The van der Waals surface area contributed by atoms with Gasteiger partial charge in [0, 0.05) is 13.6 Å². The number of halogens is 2. The van der Waals surface area contributed by atoms with Gasteiger partial charge >= 0.3 is 0 Å². The first-order chi connectivity index (χ1) is 9.09. The molecule has 5 heteroatoms. The molecule has 1 heterocycles. The number of nitrogens with one attached hydrogen (secondary N) is 1. The summed E-state index contributed by atoms with van der Waals surface area (Å²) in [5.41, 5.74) is 2.83. The fourth-order valence-electron chi connectivity index (χ4n) is 2.00. The fourth-order valence-corrected chi connectivity index (χ4v) is 2.48. The summed E-state index contributed by atoms with van der Waals surface area (Å²) in [6, 6.07) is 6.89. The van der Waals surface area contributed by atoms with E-state index in [2.05, 4.69) is 26.3 Å². The van der Waals surface area contributed by atoms with Gasteiger partial charge in [0.15, 0.2) is 0 Å². The number of nitrogens with zero attached hydrogens (tertiary/aromatic N) is 2. The van der Waals surface area contributed by atoms with Crippen molar-refractivity contribution in [1.29, 1.82) is 0 Å². The maximum atomic E-state index is 13.4. The van der Waals surface area contributed by atoms with Crippen molar-refractivity contribution in [3.8, 4) is 0 Å². The molecule has 19 heavy (non-hydrogen) atoms. The van der Waals surface area contributed by atoms with Crippen LogP contribution in [0, 0.1) is 12.7 Å². The highest BCUT2D eigenvalue weighted by Crippen LogP contribution is 2.19. The minimum Gasteiger partial charge on any atom is -0.311 e. The molecule has 1 aromatic heterocycles. The lowest BCUT2D eigenvalue weighted by molar-refractivity contribution is 0.588. The van der Waals surface area contributed by atoms with Crippen LogP contribution in [0.1, 0.15) is 17.0 Å². The molecule has 102 valence electrons. The van der Waals surface area contributed by atoms with Crippen LogP contribution in [-0.2, 0) is 20.0 Å². The van der Waals surface area contributed by atoms with E-state index < -0.39 is 0 Å². The number of aryl methyl sites for hydroxylation is 2. The topological polar surface area (TPSA) is 29.9 Å². The minimum absolute atomic E-state index is 0.137. The first-order valence-corrected chi connectivity index (χ1v) is 7.01. The van der Waals surface area contributed by atoms with Crippen molar-refractivity contribution in [2.75, 3.05) is 6.54 Å². The molecule has 1 aromatic carbocycles. The summed E-state index contributed by atoms with van der Waals surface area (Å²) in [7, 11) is 1.92. The summed E-state index contributed by atoms with van der Waals surface area (Å²) < 4.78 is 16.3. The van der Waals surface area contributed by atoms with E-state index in [1.54, 1.807) is 6.07 Å². The number of aromatic nitrogens is 2. The highest BCUT2D eigenvalue weighted by Gasteiger charge is 2.09. The largest absolute Gasteiger partial charge is 0.311 e. The van der Waals surface area contributed by atoms with Crippen LogP contribution in [0.3, 0.4) is 0 Å². The lowest BCUT2D eigenvalue weighted by atomic mass is 10.1. The molecule has 2 aromatic rings. The van der Waals surface area contributed by atoms with Crippen LogP contribution in [0.5, 0.6) is 0 Å². The Morgan fingerprint density at radius 2 is 2.11 bits per heavy atom. The fraction of sp³-hybridized carbons (Fsp3) is 0.357. The SMILES string of the molecule is Cc1nn(C)c(CNCCc2ccccc2F)c1Br. The van der Waals surface area contributed by atoms with Gasteiger partial charge in [0.05, 0.1) is 15.9 Å². The third-order valence-electron chi connectivity index (χ3n) is 3.08. The Morgan fingerprint density at radius 3 is 2.74 bits per heavy atom. The van der Waals surface area contributed by atoms with Crippen molar-refractivity contribution < 1.29 is 4.39 Å². The highest BCUT2D eigenvalue weighted by molar-refractivity contribution is 9.10. The second-order valence-corrected chi connectivity index (χ2v) is 5.28. The molecule has 2 rings (SSSR count). The third-order valence-corrected chi connectivity index (χ3v) is 4.11. The molecule has 0 saturated heterocycles. The van der Waals surface area contributed by atoms with Gasteiger partial charge in [0.2, 0.25) is 0 Å². The van der Waals surface area contributed by atoms with Crippen molar-refractivity contribution in [2.24, 2.45) is 7.05 Å². The molecule has 0 aliphatic heterocycles. The Morgan fingerprint density at radius 1 is 1.37 bits per heavy atom. The predicted molar refractivity (Wildman–Crippen MR) is 77.5 cm³/mol. The predicted octanol–water partition coefficient (Wildman–Crippen LogP) is 2.96. The van der Waals surface area contributed by atoms with Gasteiger partial charge in [0.1, 0.15) is 5.82 Å². The van der Waals surface area contributed by atoms with Crippen LogP contribution in [0.4, 0.5) is 4.39 Å². The molecule has 0 saturated carbocycles.